The van der Waals surface area contributed by atoms with Crippen molar-refractivity contribution in [2.45, 2.75) is 26.9 Å². The number of nitrogens with two attached hydrogens (primary N) is 1. The van der Waals surface area contributed by atoms with Crippen molar-refractivity contribution in [3.05, 3.63) is 43.0 Å². The topological polar surface area (TPSA) is 65.8 Å². The van der Waals surface area contributed by atoms with Crippen molar-refractivity contribution in [2.75, 3.05) is 5.73 Å². The number of nitrogen functional groups attached to an aromatic ring is 1. The zero-order chi connectivity index (χ0) is 14.2. The number of hydrogen-bond donors (Lipinski definition) is 1. The zero-order valence-electron chi connectivity index (χ0n) is 10.7. The van der Waals surface area contributed by atoms with Crippen molar-refractivity contribution in [1.82, 2.24) is 14.3 Å². The van der Waals surface area contributed by atoms with Gasteiger partial charge in [0, 0.05) is 18.9 Å². The highest BCUT2D eigenvalue weighted by Crippen LogP contribution is 2.22. The highest BCUT2D eigenvalue weighted by molar-refractivity contribution is 9.10. The van der Waals surface area contributed by atoms with Gasteiger partial charge in [0.05, 0.1) is 32.6 Å². The second-order valence-corrected chi connectivity index (χ2v) is 5.87. The third-order valence-corrected chi connectivity index (χ3v) is 4.44. The first-order valence-corrected chi connectivity index (χ1v) is 7.39. The molecule has 19 heavy (non-hydrogen) atoms. The Labute approximate surface area is 127 Å². The minimum absolute atomic E-state index is 0.185. The molecule has 0 aliphatic carbocycles. The van der Waals surface area contributed by atoms with Crippen LogP contribution in [0.15, 0.2) is 26.1 Å². The van der Waals surface area contributed by atoms with Crippen LogP contribution in [0.25, 0.3) is 0 Å². The molecule has 0 amide bonds. The van der Waals surface area contributed by atoms with E-state index in [1.54, 1.807) is 12.4 Å². The number of aryl methyl sites for hydroxylation is 2. The summed E-state index contributed by atoms with van der Waals surface area (Å²) in [6.45, 7) is 5.38. The van der Waals surface area contributed by atoms with Crippen LogP contribution in [-0.4, -0.2) is 14.3 Å². The van der Waals surface area contributed by atoms with Crippen LogP contribution in [0.2, 0.25) is 0 Å². The Morgan fingerprint density at radius 3 is 2.63 bits per heavy atom. The molecule has 0 unspecified atom stereocenters. The lowest BCUT2D eigenvalue weighted by molar-refractivity contribution is 0.595. The molecule has 2 N–H and O–H groups in total. The summed E-state index contributed by atoms with van der Waals surface area (Å²) in [5.74, 6) is 0. The van der Waals surface area contributed by atoms with E-state index in [4.69, 9.17) is 5.73 Å². The molecule has 0 spiro atoms. The molecule has 2 heterocycles. The Balaban J connectivity index is 2.44. The van der Waals surface area contributed by atoms with Crippen LogP contribution in [0.5, 0.6) is 0 Å². The summed E-state index contributed by atoms with van der Waals surface area (Å²) in [7, 11) is 0. The van der Waals surface area contributed by atoms with Crippen molar-refractivity contribution in [2.24, 2.45) is 0 Å². The number of halogens is 2. The number of hydrogen-bond acceptors (Lipinski definition) is 3. The largest absolute Gasteiger partial charge is 0.394 e. The molecule has 0 aliphatic heterocycles. The first-order valence-electron chi connectivity index (χ1n) is 5.80. The molecule has 0 bridgehead atoms. The van der Waals surface area contributed by atoms with E-state index in [1.165, 1.54) is 0 Å². The number of nitrogens with zero attached hydrogens (tertiary/aromatic N) is 3. The Kier molecular flexibility index (Phi) is 4.15. The average Bonchev–Trinajstić information content (AvgIpc) is 2.63. The van der Waals surface area contributed by atoms with Crippen LogP contribution < -0.4 is 11.2 Å². The highest BCUT2D eigenvalue weighted by Gasteiger charge is 2.13. The van der Waals surface area contributed by atoms with Gasteiger partial charge in [-0.05, 0) is 45.7 Å². The van der Waals surface area contributed by atoms with Gasteiger partial charge in [-0.2, -0.15) is 5.10 Å². The van der Waals surface area contributed by atoms with Gasteiger partial charge in [0.2, 0.25) is 5.43 Å². The fourth-order valence-electron chi connectivity index (χ4n) is 1.90. The predicted molar refractivity (Wildman–Crippen MR) is 82.3 cm³/mol. The number of aromatic nitrogens is 3. The molecule has 7 heteroatoms. The van der Waals surface area contributed by atoms with Gasteiger partial charge in [-0.3, -0.25) is 9.48 Å². The fraction of sp³-hybridized carbons (Fsp3) is 0.333. The molecule has 0 aromatic carbocycles. The molecule has 0 atom stereocenters. The first-order chi connectivity index (χ1) is 8.93. The van der Waals surface area contributed by atoms with Crippen LogP contribution in [0, 0.1) is 6.92 Å². The van der Waals surface area contributed by atoms with Gasteiger partial charge in [0.1, 0.15) is 0 Å². The molecule has 0 fully saturated rings. The van der Waals surface area contributed by atoms with Crippen LogP contribution in [0.1, 0.15) is 18.3 Å². The van der Waals surface area contributed by atoms with Crippen LogP contribution in [-0.2, 0) is 13.1 Å². The van der Waals surface area contributed by atoms with Crippen molar-refractivity contribution >= 4 is 37.5 Å². The van der Waals surface area contributed by atoms with E-state index < -0.39 is 0 Å². The molecular formula is C12H14Br2N4O. The zero-order valence-corrected chi connectivity index (χ0v) is 13.8. The number of rotatable bonds is 3. The van der Waals surface area contributed by atoms with Crippen LogP contribution >= 0.6 is 31.9 Å². The van der Waals surface area contributed by atoms with E-state index >= 15 is 0 Å². The molecule has 0 aliphatic rings. The summed E-state index contributed by atoms with van der Waals surface area (Å²) in [4.78, 5) is 11.6. The minimum Gasteiger partial charge on any atom is -0.394 e. The maximum absolute atomic E-state index is 11.6. The van der Waals surface area contributed by atoms with Gasteiger partial charge in [-0.1, -0.05) is 0 Å². The first kappa shape index (κ1) is 14.3. The Morgan fingerprint density at radius 1 is 1.37 bits per heavy atom. The molecule has 5 nitrogen and oxygen atoms in total. The van der Waals surface area contributed by atoms with E-state index in [1.807, 2.05) is 23.1 Å². The normalized spacial score (nSPS) is 10.9. The lowest BCUT2D eigenvalue weighted by Gasteiger charge is -2.10. The molecule has 0 radical (unpaired) electrons. The molecule has 0 saturated heterocycles. The molecule has 0 saturated carbocycles. The Morgan fingerprint density at radius 2 is 2.05 bits per heavy atom. The Hall–Kier alpha value is -1.08. The quantitative estimate of drug-likeness (QED) is 0.876. The van der Waals surface area contributed by atoms with Crippen molar-refractivity contribution in [1.29, 1.82) is 0 Å². The van der Waals surface area contributed by atoms with E-state index in [0.29, 0.717) is 11.0 Å². The van der Waals surface area contributed by atoms with E-state index in [-0.39, 0.29) is 11.1 Å². The minimum atomic E-state index is -0.185. The molecule has 102 valence electrons. The maximum atomic E-state index is 11.6. The lowest BCUT2D eigenvalue weighted by atomic mass is 10.3. The average molecular weight is 390 g/mol. The maximum Gasteiger partial charge on any atom is 0.218 e. The van der Waals surface area contributed by atoms with Gasteiger partial charge >= 0.3 is 0 Å². The summed E-state index contributed by atoms with van der Waals surface area (Å²) >= 11 is 6.77. The molecule has 2 aromatic rings. The third kappa shape index (κ3) is 2.76. The van der Waals surface area contributed by atoms with E-state index in [0.717, 1.165) is 22.4 Å². The van der Waals surface area contributed by atoms with E-state index in [9.17, 15) is 4.79 Å². The van der Waals surface area contributed by atoms with Gasteiger partial charge in [0.15, 0.2) is 0 Å². The van der Waals surface area contributed by atoms with Gasteiger partial charge in [-0.25, -0.2) is 0 Å². The second kappa shape index (κ2) is 5.50. The third-order valence-electron chi connectivity index (χ3n) is 2.85. The smallest absolute Gasteiger partial charge is 0.218 e. The van der Waals surface area contributed by atoms with Crippen LogP contribution in [0.4, 0.5) is 5.69 Å². The molecular weight excluding hydrogens is 376 g/mol. The summed E-state index contributed by atoms with van der Waals surface area (Å²) in [5.41, 5.74) is 7.73. The van der Waals surface area contributed by atoms with Gasteiger partial charge in [0.25, 0.3) is 0 Å². The van der Waals surface area contributed by atoms with Gasteiger partial charge in [-0.15, -0.1) is 0 Å². The summed E-state index contributed by atoms with van der Waals surface area (Å²) in [6, 6.07) is 0. The van der Waals surface area contributed by atoms with E-state index in [2.05, 4.69) is 37.0 Å². The number of pyridine rings is 1. The predicted octanol–water partition coefficient (Wildman–Crippen LogP) is 2.53. The van der Waals surface area contributed by atoms with Crippen molar-refractivity contribution in [3.63, 3.8) is 0 Å². The van der Waals surface area contributed by atoms with Crippen LogP contribution in [0.3, 0.4) is 0 Å². The molecule has 2 rings (SSSR count). The van der Waals surface area contributed by atoms with Crippen molar-refractivity contribution in [3.8, 4) is 0 Å². The summed E-state index contributed by atoms with van der Waals surface area (Å²) in [6.07, 6.45) is 3.37. The Bertz CT molecular complexity index is 649. The second-order valence-electron chi connectivity index (χ2n) is 4.22. The lowest BCUT2D eigenvalue weighted by Crippen LogP contribution is -2.15. The monoisotopic (exact) mass is 388 g/mol. The fourth-order valence-corrected chi connectivity index (χ4v) is 2.80. The molecule has 2 aromatic heterocycles. The summed E-state index contributed by atoms with van der Waals surface area (Å²) < 4.78 is 5.25. The van der Waals surface area contributed by atoms with Crippen molar-refractivity contribution < 1.29 is 0 Å². The SMILES string of the molecule is CCn1nc(C)c(Br)c1Cn1cc(N)c(=O)c(Br)c1. The summed E-state index contributed by atoms with van der Waals surface area (Å²) in [5, 5.41) is 4.44. The highest BCUT2D eigenvalue weighted by atomic mass is 79.9. The van der Waals surface area contributed by atoms with Gasteiger partial charge < -0.3 is 10.3 Å². The standard InChI is InChI=1S/C12H14Br2N4O/c1-3-18-10(11(14)7(2)16-18)6-17-4-8(13)12(19)9(15)5-17/h4-5H,3,6,15H2,1-2H3. The number of anilines is 1.